The second-order valence-electron chi connectivity index (χ2n) is 4.23. The van der Waals surface area contributed by atoms with Gasteiger partial charge in [0, 0.05) is 14.1 Å². The molecule has 17 heavy (non-hydrogen) atoms. The SMILES string of the molecule is COc1cncc(OC2CC2)c1C(=O)N(C)C. The highest BCUT2D eigenvalue weighted by molar-refractivity contribution is 5.99. The van der Waals surface area contributed by atoms with Crippen LogP contribution in [-0.2, 0) is 0 Å². The van der Waals surface area contributed by atoms with Gasteiger partial charge in [0.1, 0.15) is 5.56 Å². The lowest BCUT2D eigenvalue weighted by Crippen LogP contribution is -2.23. The first-order valence-corrected chi connectivity index (χ1v) is 5.53. The maximum atomic E-state index is 12.1. The highest BCUT2D eigenvalue weighted by atomic mass is 16.5. The predicted molar refractivity (Wildman–Crippen MR) is 62.5 cm³/mol. The normalized spacial score (nSPS) is 14.3. The van der Waals surface area contributed by atoms with Crippen molar-refractivity contribution in [2.75, 3.05) is 21.2 Å². The molecule has 0 aromatic carbocycles. The minimum atomic E-state index is -0.139. The Morgan fingerprint density at radius 3 is 2.53 bits per heavy atom. The van der Waals surface area contributed by atoms with Crippen molar-refractivity contribution in [2.45, 2.75) is 18.9 Å². The first-order chi connectivity index (χ1) is 8.13. The van der Waals surface area contributed by atoms with Gasteiger partial charge in [0.25, 0.3) is 5.91 Å². The Morgan fingerprint density at radius 1 is 1.35 bits per heavy atom. The van der Waals surface area contributed by atoms with Crippen molar-refractivity contribution in [1.82, 2.24) is 9.88 Å². The molecule has 92 valence electrons. The van der Waals surface area contributed by atoms with Crippen molar-refractivity contribution in [3.63, 3.8) is 0 Å². The first kappa shape index (κ1) is 11.7. The highest BCUT2D eigenvalue weighted by Crippen LogP contribution is 2.33. The van der Waals surface area contributed by atoms with Gasteiger partial charge in [-0.3, -0.25) is 9.78 Å². The Labute approximate surface area is 100 Å². The minimum Gasteiger partial charge on any atom is -0.494 e. The maximum Gasteiger partial charge on any atom is 0.261 e. The van der Waals surface area contributed by atoms with Crippen LogP contribution in [0.4, 0.5) is 0 Å². The molecule has 1 aromatic rings. The summed E-state index contributed by atoms with van der Waals surface area (Å²) < 4.78 is 10.8. The van der Waals surface area contributed by atoms with E-state index in [4.69, 9.17) is 9.47 Å². The average molecular weight is 236 g/mol. The molecule has 0 spiro atoms. The summed E-state index contributed by atoms with van der Waals surface area (Å²) in [5.41, 5.74) is 0.444. The molecule has 1 amide bonds. The van der Waals surface area contributed by atoms with Gasteiger partial charge in [0.05, 0.1) is 25.6 Å². The second kappa shape index (κ2) is 4.61. The van der Waals surface area contributed by atoms with Crippen LogP contribution in [-0.4, -0.2) is 43.1 Å². The van der Waals surface area contributed by atoms with Gasteiger partial charge in [0.15, 0.2) is 11.5 Å². The van der Waals surface area contributed by atoms with Crippen molar-refractivity contribution >= 4 is 5.91 Å². The number of pyridine rings is 1. The molecule has 1 heterocycles. The van der Waals surface area contributed by atoms with Gasteiger partial charge < -0.3 is 14.4 Å². The topological polar surface area (TPSA) is 51.7 Å². The van der Waals surface area contributed by atoms with Crippen LogP contribution in [0.1, 0.15) is 23.2 Å². The fourth-order valence-electron chi connectivity index (χ4n) is 1.47. The van der Waals surface area contributed by atoms with Gasteiger partial charge in [-0.15, -0.1) is 0 Å². The largest absolute Gasteiger partial charge is 0.494 e. The third-order valence-corrected chi connectivity index (χ3v) is 2.53. The van der Waals surface area contributed by atoms with Crippen LogP contribution in [0.15, 0.2) is 12.4 Å². The lowest BCUT2D eigenvalue weighted by atomic mass is 10.2. The molecule has 2 rings (SSSR count). The fourth-order valence-corrected chi connectivity index (χ4v) is 1.47. The van der Waals surface area contributed by atoms with Gasteiger partial charge in [-0.25, -0.2) is 0 Å². The number of carbonyl (C=O) groups is 1. The van der Waals surface area contributed by atoms with E-state index in [1.807, 2.05) is 0 Å². The van der Waals surface area contributed by atoms with E-state index >= 15 is 0 Å². The summed E-state index contributed by atoms with van der Waals surface area (Å²) in [6.07, 6.45) is 5.38. The molecule has 1 fully saturated rings. The molecule has 0 unspecified atom stereocenters. The van der Waals surface area contributed by atoms with Gasteiger partial charge in [-0.05, 0) is 12.8 Å². The Morgan fingerprint density at radius 2 is 2.00 bits per heavy atom. The summed E-state index contributed by atoms with van der Waals surface area (Å²) in [6, 6.07) is 0. The number of ether oxygens (including phenoxy) is 2. The van der Waals surface area contributed by atoms with E-state index in [-0.39, 0.29) is 12.0 Å². The Hall–Kier alpha value is -1.78. The number of hydrogen-bond acceptors (Lipinski definition) is 4. The van der Waals surface area contributed by atoms with Crippen LogP contribution in [0.5, 0.6) is 11.5 Å². The lowest BCUT2D eigenvalue weighted by molar-refractivity contribution is 0.0819. The third-order valence-electron chi connectivity index (χ3n) is 2.53. The van der Waals surface area contributed by atoms with Crippen molar-refractivity contribution < 1.29 is 14.3 Å². The average Bonchev–Trinajstić information content (AvgIpc) is 3.11. The summed E-state index contributed by atoms with van der Waals surface area (Å²) in [4.78, 5) is 17.6. The van der Waals surface area contributed by atoms with Gasteiger partial charge >= 0.3 is 0 Å². The highest BCUT2D eigenvalue weighted by Gasteiger charge is 2.28. The number of carbonyl (C=O) groups excluding carboxylic acids is 1. The van der Waals surface area contributed by atoms with Crippen molar-refractivity contribution in [1.29, 1.82) is 0 Å². The smallest absolute Gasteiger partial charge is 0.261 e. The zero-order chi connectivity index (χ0) is 12.4. The standard InChI is InChI=1S/C12H16N2O3/c1-14(2)12(15)11-9(16-3)6-13-7-10(11)17-8-4-5-8/h6-8H,4-5H2,1-3H3. The van der Waals surface area contributed by atoms with Gasteiger partial charge in [0.2, 0.25) is 0 Å². The summed E-state index contributed by atoms with van der Waals surface area (Å²) >= 11 is 0. The second-order valence-corrected chi connectivity index (χ2v) is 4.23. The Bertz CT molecular complexity index is 428. The quantitative estimate of drug-likeness (QED) is 0.791. The number of aromatic nitrogens is 1. The van der Waals surface area contributed by atoms with E-state index in [0.717, 1.165) is 12.8 Å². The number of nitrogens with zero attached hydrogens (tertiary/aromatic N) is 2. The third kappa shape index (κ3) is 2.49. The first-order valence-electron chi connectivity index (χ1n) is 5.53. The maximum absolute atomic E-state index is 12.1. The summed E-state index contributed by atoms with van der Waals surface area (Å²) in [5.74, 6) is 0.812. The van der Waals surface area contributed by atoms with E-state index in [1.165, 1.54) is 18.2 Å². The summed E-state index contributed by atoms with van der Waals surface area (Å²) in [7, 11) is 4.91. The van der Waals surface area contributed by atoms with Crippen LogP contribution in [0.25, 0.3) is 0 Å². The summed E-state index contributed by atoms with van der Waals surface area (Å²) in [5, 5.41) is 0. The van der Waals surface area contributed by atoms with Crippen LogP contribution >= 0.6 is 0 Å². The van der Waals surface area contributed by atoms with E-state index in [0.29, 0.717) is 17.1 Å². The van der Waals surface area contributed by atoms with E-state index in [1.54, 1.807) is 20.3 Å². The van der Waals surface area contributed by atoms with Crippen LogP contribution in [0.2, 0.25) is 0 Å². The van der Waals surface area contributed by atoms with Crippen LogP contribution in [0.3, 0.4) is 0 Å². The zero-order valence-corrected chi connectivity index (χ0v) is 10.3. The lowest BCUT2D eigenvalue weighted by Gasteiger charge is -2.16. The van der Waals surface area contributed by atoms with Crippen molar-refractivity contribution in [3.8, 4) is 11.5 Å². The molecule has 0 aliphatic heterocycles. The van der Waals surface area contributed by atoms with Crippen molar-refractivity contribution in [2.24, 2.45) is 0 Å². The van der Waals surface area contributed by atoms with Crippen LogP contribution in [0, 0.1) is 0 Å². The molecule has 0 saturated heterocycles. The van der Waals surface area contributed by atoms with Gasteiger partial charge in [-0.2, -0.15) is 0 Å². The molecule has 5 heteroatoms. The van der Waals surface area contributed by atoms with E-state index in [2.05, 4.69) is 4.98 Å². The zero-order valence-electron chi connectivity index (χ0n) is 10.3. The Kier molecular flexibility index (Phi) is 3.17. The fraction of sp³-hybridized carbons (Fsp3) is 0.500. The molecule has 0 radical (unpaired) electrons. The molecular weight excluding hydrogens is 220 g/mol. The molecule has 1 aliphatic carbocycles. The molecule has 1 aromatic heterocycles. The monoisotopic (exact) mass is 236 g/mol. The summed E-state index contributed by atoms with van der Waals surface area (Å²) in [6.45, 7) is 0. The molecule has 1 saturated carbocycles. The Balaban J connectivity index is 2.38. The number of rotatable bonds is 4. The van der Waals surface area contributed by atoms with Crippen molar-refractivity contribution in [3.05, 3.63) is 18.0 Å². The van der Waals surface area contributed by atoms with E-state index < -0.39 is 0 Å². The van der Waals surface area contributed by atoms with Crippen LogP contribution < -0.4 is 9.47 Å². The number of methoxy groups -OCH3 is 1. The molecule has 1 aliphatic rings. The molecule has 0 bridgehead atoms. The molecule has 0 N–H and O–H groups in total. The molecule has 0 atom stereocenters. The molecular formula is C12H16N2O3. The molecule has 5 nitrogen and oxygen atoms in total. The number of hydrogen-bond donors (Lipinski definition) is 0. The number of amides is 1. The van der Waals surface area contributed by atoms with Gasteiger partial charge in [-0.1, -0.05) is 0 Å². The predicted octanol–water partition coefficient (Wildman–Crippen LogP) is 1.33. The minimum absolute atomic E-state index is 0.139. The van der Waals surface area contributed by atoms with E-state index in [9.17, 15) is 4.79 Å².